The van der Waals surface area contributed by atoms with Crippen molar-refractivity contribution < 1.29 is 27.1 Å². The first-order valence-electron chi connectivity index (χ1n) is 7.17. The van der Waals surface area contributed by atoms with Gasteiger partial charge in [-0.05, 0) is 57.8 Å². The highest BCUT2D eigenvalue weighted by Crippen LogP contribution is 2.46. The minimum atomic E-state index is -4.67. The second kappa shape index (κ2) is 7.52. The van der Waals surface area contributed by atoms with Gasteiger partial charge in [0.1, 0.15) is 11.5 Å². The van der Waals surface area contributed by atoms with Crippen molar-refractivity contribution in [2.24, 2.45) is 7.05 Å². The molecule has 0 aliphatic carbocycles. The molecule has 0 aliphatic heterocycles. The van der Waals surface area contributed by atoms with Crippen molar-refractivity contribution in [3.8, 4) is 11.1 Å². The summed E-state index contributed by atoms with van der Waals surface area (Å²) >= 11 is 11.9. The molecule has 10 heteroatoms. The van der Waals surface area contributed by atoms with E-state index >= 15 is 0 Å². The fourth-order valence-electron chi connectivity index (χ4n) is 2.34. The maximum Gasteiger partial charge on any atom is 0.432 e. The number of rotatable bonds is 3. The summed E-state index contributed by atoms with van der Waals surface area (Å²) in [5, 5.41) is -0.198. The number of ether oxygens (including phenoxy) is 1. The summed E-state index contributed by atoms with van der Waals surface area (Å²) in [5.74, 6) is -1.68. The zero-order chi connectivity index (χ0) is 20.0. The largest absolute Gasteiger partial charge is 0.459 e. The van der Waals surface area contributed by atoms with Gasteiger partial charge in [0.05, 0.1) is 25.8 Å². The molecule has 2 aromatic rings. The zero-order valence-corrected chi connectivity index (χ0v) is 17.6. The molecule has 0 bridgehead atoms. The van der Waals surface area contributed by atoms with Gasteiger partial charge in [-0.2, -0.15) is 13.2 Å². The van der Waals surface area contributed by atoms with Crippen LogP contribution in [0.3, 0.4) is 0 Å². The van der Waals surface area contributed by atoms with Crippen LogP contribution in [0.15, 0.2) is 21.2 Å². The molecule has 0 saturated carbocycles. The van der Waals surface area contributed by atoms with Crippen LogP contribution >= 0.6 is 43.5 Å². The highest BCUT2D eigenvalue weighted by Gasteiger charge is 2.39. The molecule has 0 radical (unpaired) electrons. The molecule has 1 aromatic carbocycles. The molecule has 0 N–H and O–H groups in total. The number of benzene rings is 1. The Morgan fingerprint density at radius 2 is 1.85 bits per heavy atom. The number of hydrogen-bond donors (Lipinski definition) is 0. The van der Waals surface area contributed by atoms with Gasteiger partial charge in [0.25, 0.3) is 0 Å². The summed E-state index contributed by atoms with van der Waals surface area (Å²) in [5.41, 5.74) is -1.46. The second-order valence-electron chi connectivity index (χ2n) is 5.65. The van der Waals surface area contributed by atoms with Gasteiger partial charge in [-0.1, -0.05) is 11.6 Å². The van der Waals surface area contributed by atoms with Gasteiger partial charge in [0.2, 0.25) is 0 Å². The third kappa shape index (κ3) is 3.94. The average Bonchev–Trinajstić information content (AvgIpc) is 2.68. The van der Waals surface area contributed by atoms with E-state index in [4.69, 9.17) is 16.3 Å². The van der Waals surface area contributed by atoms with Crippen molar-refractivity contribution in [1.29, 1.82) is 0 Å². The van der Waals surface area contributed by atoms with Crippen LogP contribution in [0.1, 0.15) is 29.9 Å². The SMILES string of the molecule is CC(C)OC(=O)c1cc(-c2c(Br)c(C(F)(F)F)n(C)c2Br)c(F)cc1Cl. The monoisotopic (exact) mass is 519 g/mol. The van der Waals surface area contributed by atoms with Crippen LogP contribution in [0.4, 0.5) is 17.6 Å². The summed E-state index contributed by atoms with van der Waals surface area (Å²) < 4.78 is 59.8. The van der Waals surface area contributed by atoms with Crippen LogP contribution in [-0.4, -0.2) is 16.6 Å². The summed E-state index contributed by atoms with van der Waals surface area (Å²) in [6.07, 6.45) is -5.12. The van der Waals surface area contributed by atoms with Crippen molar-refractivity contribution in [3.63, 3.8) is 0 Å². The molecular weight excluding hydrogens is 509 g/mol. The van der Waals surface area contributed by atoms with Crippen molar-refractivity contribution in [2.75, 3.05) is 0 Å². The Morgan fingerprint density at radius 1 is 1.27 bits per heavy atom. The minimum Gasteiger partial charge on any atom is -0.459 e. The van der Waals surface area contributed by atoms with Crippen LogP contribution < -0.4 is 0 Å². The van der Waals surface area contributed by atoms with Crippen LogP contribution in [-0.2, 0) is 18.0 Å². The Balaban J connectivity index is 2.73. The standard InChI is InChI=1S/C16H12Br2ClF4NO2/c1-6(2)26-15(25)7-4-8(10(20)5-9(7)19)11-12(17)13(16(21,22)23)24(3)14(11)18/h4-6H,1-3H3. The van der Waals surface area contributed by atoms with E-state index < -0.39 is 29.8 Å². The van der Waals surface area contributed by atoms with E-state index in [0.717, 1.165) is 16.7 Å². The first kappa shape index (κ1) is 21.2. The fraction of sp³-hybridized carbons (Fsp3) is 0.312. The molecule has 3 nitrogen and oxygen atoms in total. The van der Waals surface area contributed by atoms with Crippen LogP contribution in [0.2, 0.25) is 5.02 Å². The average molecular weight is 522 g/mol. The van der Waals surface area contributed by atoms with E-state index in [-0.39, 0.29) is 30.8 Å². The van der Waals surface area contributed by atoms with Gasteiger partial charge >= 0.3 is 12.1 Å². The molecule has 1 heterocycles. The van der Waals surface area contributed by atoms with Gasteiger partial charge in [0.15, 0.2) is 0 Å². The predicted molar refractivity (Wildman–Crippen MR) is 96.8 cm³/mol. The molecule has 0 aliphatic rings. The summed E-state index contributed by atoms with van der Waals surface area (Å²) in [4.78, 5) is 12.1. The Hall–Kier alpha value is -1.06. The lowest BCUT2D eigenvalue weighted by Crippen LogP contribution is -2.12. The third-order valence-electron chi connectivity index (χ3n) is 3.42. The Kier molecular flexibility index (Phi) is 6.14. The number of carbonyl (C=O) groups excluding carboxylic acids is 1. The number of halogens is 7. The zero-order valence-electron chi connectivity index (χ0n) is 13.6. The number of alkyl halides is 3. The van der Waals surface area contributed by atoms with E-state index in [0.29, 0.717) is 0 Å². The lowest BCUT2D eigenvalue weighted by atomic mass is 10.0. The molecule has 0 saturated heterocycles. The maximum absolute atomic E-state index is 14.5. The molecule has 0 atom stereocenters. The summed E-state index contributed by atoms with van der Waals surface area (Å²) in [6.45, 7) is 3.24. The second-order valence-corrected chi connectivity index (χ2v) is 7.60. The maximum atomic E-state index is 14.5. The van der Waals surface area contributed by atoms with E-state index in [1.54, 1.807) is 13.8 Å². The summed E-state index contributed by atoms with van der Waals surface area (Å²) in [7, 11) is 1.18. The molecule has 26 heavy (non-hydrogen) atoms. The Bertz CT molecular complexity index is 878. The highest BCUT2D eigenvalue weighted by atomic mass is 79.9. The third-order valence-corrected chi connectivity index (χ3v) is 5.43. The Morgan fingerprint density at radius 3 is 2.31 bits per heavy atom. The van der Waals surface area contributed by atoms with Gasteiger partial charge in [0, 0.05) is 18.2 Å². The molecule has 0 amide bonds. The lowest BCUT2D eigenvalue weighted by molar-refractivity contribution is -0.143. The van der Waals surface area contributed by atoms with Crippen molar-refractivity contribution in [2.45, 2.75) is 26.1 Å². The predicted octanol–water partition coefficient (Wildman–Crippen LogP) is 6.59. The summed E-state index contributed by atoms with van der Waals surface area (Å²) in [6, 6.07) is 1.94. The normalized spacial score (nSPS) is 12.0. The Labute approximate surface area is 168 Å². The molecular formula is C16H12Br2ClF4NO2. The molecule has 2 rings (SSSR count). The first-order valence-corrected chi connectivity index (χ1v) is 9.13. The lowest BCUT2D eigenvalue weighted by Gasteiger charge is -2.12. The number of aromatic nitrogens is 1. The van der Waals surface area contributed by atoms with Crippen LogP contribution in [0, 0.1) is 5.82 Å². The molecule has 0 unspecified atom stereocenters. The van der Waals surface area contributed by atoms with Gasteiger partial charge in [-0.3, -0.25) is 0 Å². The number of nitrogens with zero attached hydrogens (tertiary/aromatic N) is 1. The molecule has 1 aromatic heterocycles. The van der Waals surface area contributed by atoms with Crippen LogP contribution in [0.25, 0.3) is 11.1 Å². The molecule has 0 spiro atoms. The molecule has 142 valence electrons. The van der Waals surface area contributed by atoms with Crippen molar-refractivity contribution >= 4 is 49.4 Å². The smallest absolute Gasteiger partial charge is 0.432 e. The topological polar surface area (TPSA) is 31.2 Å². The fourth-order valence-corrected chi connectivity index (χ4v) is 4.32. The van der Waals surface area contributed by atoms with E-state index in [1.807, 2.05) is 0 Å². The van der Waals surface area contributed by atoms with Gasteiger partial charge < -0.3 is 9.30 Å². The van der Waals surface area contributed by atoms with E-state index in [1.165, 1.54) is 7.05 Å². The number of esters is 1. The highest BCUT2D eigenvalue weighted by molar-refractivity contribution is 9.11. The number of hydrogen-bond acceptors (Lipinski definition) is 2. The number of carbonyl (C=O) groups is 1. The quantitative estimate of drug-likeness (QED) is 0.337. The van der Waals surface area contributed by atoms with E-state index in [9.17, 15) is 22.4 Å². The minimum absolute atomic E-state index is 0.0129. The van der Waals surface area contributed by atoms with Gasteiger partial charge in [-0.25, -0.2) is 9.18 Å². The van der Waals surface area contributed by atoms with Crippen LogP contribution in [0.5, 0.6) is 0 Å². The van der Waals surface area contributed by atoms with Crippen molar-refractivity contribution in [1.82, 2.24) is 4.57 Å². The van der Waals surface area contributed by atoms with Gasteiger partial charge in [-0.15, -0.1) is 0 Å². The first-order chi connectivity index (χ1) is 11.9. The molecule has 0 fully saturated rings. The van der Waals surface area contributed by atoms with E-state index in [2.05, 4.69) is 31.9 Å². The van der Waals surface area contributed by atoms with Crippen molar-refractivity contribution in [3.05, 3.63) is 43.3 Å².